The summed E-state index contributed by atoms with van der Waals surface area (Å²) < 4.78 is 29.3. The highest BCUT2D eigenvalue weighted by molar-refractivity contribution is 7.91. The molecule has 0 unspecified atom stereocenters. The van der Waals surface area contributed by atoms with Gasteiger partial charge in [0.25, 0.3) is 0 Å². The Morgan fingerprint density at radius 3 is 2.30 bits per heavy atom. The number of rotatable bonds is 10. The van der Waals surface area contributed by atoms with E-state index < -0.39 is 9.84 Å². The van der Waals surface area contributed by atoms with Crippen molar-refractivity contribution < 1.29 is 13.2 Å². The standard InChI is InChI=1S/C21H36N2O3S/c1-17(2)27(24,25)13-9-7-5-6-8-10-20-11-12-21(22-14-20)23-15-18(3)26-19(4)16-23/h11-12,14,17-19H,5-10,13,15-16H2,1-4H3/t18-,19+. The first-order chi connectivity index (χ1) is 12.8. The van der Waals surface area contributed by atoms with Crippen LogP contribution in [0.25, 0.3) is 0 Å². The molecule has 1 saturated heterocycles. The van der Waals surface area contributed by atoms with Gasteiger partial charge in [0.2, 0.25) is 0 Å². The summed E-state index contributed by atoms with van der Waals surface area (Å²) in [6, 6.07) is 4.30. The van der Waals surface area contributed by atoms with E-state index in [1.165, 1.54) is 5.56 Å². The maximum Gasteiger partial charge on any atom is 0.152 e. The van der Waals surface area contributed by atoms with Crippen LogP contribution in [0.4, 0.5) is 5.82 Å². The molecule has 0 saturated carbocycles. The van der Waals surface area contributed by atoms with Crippen molar-refractivity contribution in [2.24, 2.45) is 0 Å². The number of unbranched alkanes of at least 4 members (excludes halogenated alkanes) is 4. The van der Waals surface area contributed by atoms with E-state index in [-0.39, 0.29) is 17.5 Å². The summed E-state index contributed by atoms with van der Waals surface area (Å²) in [5.41, 5.74) is 1.27. The predicted molar refractivity (Wildman–Crippen MR) is 112 cm³/mol. The van der Waals surface area contributed by atoms with Crippen LogP contribution in [0.5, 0.6) is 0 Å². The average molecular weight is 397 g/mol. The van der Waals surface area contributed by atoms with E-state index in [0.717, 1.165) is 57.4 Å². The lowest BCUT2D eigenvalue weighted by atomic mass is 10.1. The van der Waals surface area contributed by atoms with Crippen LogP contribution in [0, 0.1) is 0 Å². The molecule has 1 aliphatic rings. The lowest BCUT2D eigenvalue weighted by Gasteiger charge is -2.36. The molecule has 27 heavy (non-hydrogen) atoms. The minimum absolute atomic E-state index is 0.241. The Labute approximate surface area is 165 Å². The van der Waals surface area contributed by atoms with E-state index >= 15 is 0 Å². The molecule has 0 amide bonds. The number of ether oxygens (including phenoxy) is 1. The van der Waals surface area contributed by atoms with Crippen LogP contribution in [0.3, 0.4) is 0 Å². The van der Waals surface area contributed by atoms with Gasteiger partial charge in [-0.15, -0.1) is 0 Å². The van der Waals surface area contributed by atoms with Gasteiger partial charge in [-0.05, 0) is 58.6 Å². The van der Waals surface area contributed by atoms with Gasteiger partial charge in [-0.1, -0.05) is 25.3 Å². The molecule has 0 radical (unpaired) electrons. The van der Waals surface area contributed by atoms with E-state index in [2.05, 4.69) is 35.9 Å². The number of sulfone groups is 1. The van der Waals surface area contributed by atoms with Gasteiger partial charge in [0, 0.05) is 19.3 Å². The highest BCUT2D eigenvalue weighted by Crippen LogP contribution is 2.19. The summed E-state index contributed by atoms with van der Waals surface area (Å²) in [5.74, 6) is 1.36. The average Bonchev–Trinajstić information content (AvgIpc) is 2.60. The topological polar surface area (TPSA) is 59.5 Å². The van der Waals surface area contributed by atoms with Gasteiger partial charge < -0.3 is 9.64 Å². The molecular weight excluding hydrogens is 360 g/mol. The van der Waals surface area contributed by atoms with Gasteiger partial charge in [-0.25, -0.2) is 13.4 Å². The number of aromatic nitrogens is 1. The SMILES string of the molecule is CC(C)S(=O)(=O)CCCCCCCc1ccc(N2C[C@@H](C)O[C@@H](C)C2)nc1. The molecule has 154 valence electrons. The molecule has 2 atom stereocenters. The first-order valence-electron chi connectivity index (χ1n) is 10.3. The molecule has 0 aromatic carbocycles. The van der Waals surface area contributed by atoms with E-state index in [9.17, 15) is 8.42 Å². The van der Waals surface area contributed by atoms with Gasteiger partial charge in [-0.3, -0.25) is 0 Å². The third-order valence-corrected chi connectivity index (χ3v) is 7.46. The zero-order valence-corrected chi connectivity index (χ0v) is 18.2. The van der Waals surface area contributed by atoms with E-state index in [0.29, 0.717) is 5.75 Å². The molecule has 1 aromatic heterocycles. The highest BCUT2D eigenvalue weighted by atomic mass is 32.2. The maximum atomic E-state index is 11.8. The third-order valence-electron chi connectivity index (χ3n) is 5.17. The first kappa shape index (κ1) is 22.2. The van der Waals surface area contributed by atoms with E-state index in [1.807, 2.05) is 6.20 Å². The molecule has 1 aromatic rings. The number of anilines is 1. The van der Waals surface area contributed by atoms with Crippen LogP contribution >= 0.6 is 0 Å². The van der Waals surface area contributed by atoms with Gasteiger partial charge >= 0.3 is 0 Å². The molecule has 2 rings (SSSR count). The van der Waals surface area contributed by atoms with Crippen LogP contribution in [-0.2, 0) is 21.0 Å². The number of aryl methyl sites for hydroxylation is 1. The molecule has 1 fully saturated rings. The Hall–Kier alpha value is -1.14. The van der Waals surface area contributed by atoms with Crippen molar-refractivity contribution in [2.45, 2.75) is 83.7 Å². The molecule has 2 heterocycles. The lowest BCUT2D eigenvalue weighted by molar-refractivity contribution is -0.00545. The van der Waals surface area contributed by atoms with Gasteiger partial charge in [0.1, 0.15) is 5.82 Å². The van der Waals surface area contributed by atoms with Crippen LogP contribution < -0.4 is 4.90 Å². The monoisotopic (exact) mass is 396 g/mol. The molecule has 0 spiro atoms. The minimum atomic E-state index is -2.87. The van der Waals surface area contributed by atoms with E-state index in [4.69, 9.17) is 4.74 Å². The second-order valence-electron chi connectivity index (χ2n) is 8.12. The summed E-state index contributed by atoms with van der Waals surface area (Å²) >= 11 is 0. The largest absolute Gasteiger partial charge is 0.372 e. The Balaban J connectivity index is 1.64. The van der Waals surface area contributed by atoms with Crippen molar-refractivity contribution in [2.75, 3.05) is 23.7 Å². The number of hydrogen-bond donors (Lipinski definition) is 0. The lowest BCUT2D eigenvalue weighted by Crippen LogP contribution is -2.45. The van der Waals surface area contributed by atoms with Crippen molar-refractivity contribution in [3.05, 3.63) is 23.9 Å². The third kappa shape index (κ3) is 7.41. The number of hydrogen-bond acceptors (Lipinski definition) is 5. The zero-order chi connectivity index (χ0) is 19.9. The smallest absolute Gasteiger partial charge is 0.152 e. The summed E-state index contributed by atoms with van der Waals surface area (Å²) in [7, 11) is -2.87. The second-order valence-corrected chi connectivity index (χ2v) is 10.8. The highest BCUT2D eigenvalue weighted by Gasteiger charge is 2.22. The summed E-state index contributed by atoms with van der Waals surface area (Å²) in [4.78, 5) is 6.95. The molecule has 0 aliphatic carbocycles. The molecule has 0 bridgehead atoms. The van der Waals surface area contributed by atoms with Gasteiger partial charge in [-0.2, -0.15) is 0 Å². The van der Waals surface area contributed by atoms with Crippen molar-refractivity contribution in [1.82, 2.24) is 4.98 Å². The van der Waals surface area contributed by atoms with Gasteiger partial charge in [0.05, 0.1) is 23.2 Å². The van der Waals surface area contributed by atoms with Crippen molar-refractivity contribution in [3.63, 3.8) is 0 Å². The predicted octanol–water partition coefficient (Wildman–Crippen LogP) is 4.01. The van der Waals surface area contributed by atoms with Gasteiger partial charge in [0.15, 0.2) is 9.84 Å². The Morgan fingerprint density at radius 1 is 1.07 bits per heavy atom. The molecule has 6 heteroatoms. The minimum Gasteiger partial charge on any atom is -0.372 e. The summed E-state index contributed by atoms with van der Waals surface area (Å²) in [6.07, 6.45) is 8.66. The maximum absolute atomic E-state index is 11.8. The van der Waals surface area contributed by atoms with Crippen molar-refractivity contribution >= 4 is 15.7 Å². The second kappa shape index (κ2) is 10.4. The normalized spacial score (nSPS) is 21.0. The van der Waals surface area contributed by atoms with E-state index in [1.54, 1.807) is 13.8 Å². The molecule has 5 nitrogen and oxygen atoms in total. The number of pyridine rings is 1. The van der Waals surface area contributed by atoms with Crippen LogP contribution in [-0.4, -0.2) is 49.7 Å². The first-order valence-corrected chi connectivity index (χ1v) is 12.1. The summed E-state index contributed by atoms with van der Waals surface area (Å²) in [6.45, 7) is 9.51. The van der Waals surface area contributed by atoms with Crippen LogP contribution in [0.15, 0.2) is 18.3 Å². The quantitative estimate of drug-likeness (QED) is 0.559. The fourth-order valence-corrected chi connectivity index (χ4v) is 4.59. The Bertz CT molecular complexity index is 649. The van der Waals surface area contributed by atoms with Crippen molar-refractivity contribution in [1.29, 1.82) is 0 Å². The fraction of sp³-hybridized carbons (Fsp3) is 0.762. The number of nitrogens with zero attached hydrogens (tertiary/aromatic N) is 2. The molecule has 1 aliphatic heterocycles. The Morgan fingerprint density at radius 2 is 1.70 bits per heavy atom. The Kier molecular flexibility index (Phi) is 8.55. The van der Waals surface area contributed by atoms with Crippen molar-refractivity contribution in [3.8, 4) is 0 Å². The molecular formula is C21H36N2O3S. The summed E-state index contributed by atoms with van der Waals surface area (Å²) in [5, 5.41) is -0.253. The molecule has 0 N–H and O–H groups in total. The van der Waals surface area contributed by atoms with Crippen LogP contribution in [0.1, 0.15) is 65.4 Å². The van der Waals surface area contributed by atoms with Crippen LogP contribution in [0.2, 0.25) is 0 Å². The number of morpholine rings is 1. The zero-order valence-electron chi connectivity index (χ0n) is 17.4. The fourth-order valence-electron chi connectivity index (χ4n) is 3.51.